The van der Waals surface area contributed by atoms with E-state index in [2.05, 4.69) is 4.99 Å². The summed E-state index contributed by atoms with van der Waals surface area (Å²) in [4.78, 5) is 29.7. The topological polar surface area (TPSA) is 89.0 Å². The van der Waals surface area contributed by atoms with Crippen LogP contribution in [0.5, 0.6) is 0 Å². The van der Waals surface area contributed by atoms with Gasteiger partial charge in [-0.1, -0.05) is 11.6 Å². The Kier molecular flexibility index (Phi) is 6.11. The highest BCUT2D eigenvalue weighted by Crippen LogP contribution is 2.36. The standard InChI is InChI=1S/C22H15ClFN3O4S/c1-2-26-21(28)20(32-22(26)25-14-5-3-13(24)4-6-14)12-16-8-10-19(31-16)17-11-15(27(29)30)7-9-18(17)23/h3-12H,2H2,1H3/b20-12+,25-22?. The van der Waals surface area contributed by atoms with Crippen molar-refractivity contribution in [3.05, 3.63) is 86.2 Å². The van der Waals surface area contributed by atoms with Gasteiger partial charge >= 0.3 is 0 Å². The number of thioether (sulfide) groups is 1. The molecule has 0 unspecified atom stereocenters. The van der Waals surface area contributed by atoms with Crippen LogP contribution in [0.1, 0.15) is 12.7 Å². The molecule has 162 valence electrons. The van der Waals surface area contributed by atoms with Crippen LogP contribution in [0.25, 0.3) is 17.4 Å². The average Bonchev–Trinajstić information content (AvgIpc) is 3.34. The van der Waals surface area contributed by atoms with Crippen LogP contribution in [-0.2, 0) is 4.79 Å². The number of carbonyl (C=O) groups excluding carboxylic acids is 1. The van der Waals surface area contributed by atoms with E-state index in [1.54, 1.807) is 18.2 Å². The predicted molar refractivity (Wildman–Crippen MR) is 122 cm³/mol. The fraction of sp³-hybridized carbons (Fsp3) is 0.0909. The van der Waals surface area contributed by atoms with E-state index in [1.165, 1.54) is 59.1 Å². The van der Waals surface area contributed by atoms with Crippen LogP contribution < -0.4 is 0 Å². The van der Waals surface area contributed by atoms with Gasteiger partial charge in [-0.2, -0.15) is 0 Å². The zero-order chi connectivity index (χ0) is 22.8. The lowest BCUT2D eigenvalue weighted by atomic mass is 10.1. The number of amides is 1. The SMILES string of the molecule is CCN1C(=O)/C(=C\c2ccc(-c3cc([N+](=O)[O-])ccc3Cl)o2)SC1=Nc1ccc(F)cc1. The zero-order valence-electron chi connectivity index (χ0n) is 16.6. The molecule has 10 heteroatoms. The van der Waals surface area contributed by atoms with Gasteiger partial charge in [0.05, 0.1) is 20.5 Å². The van der Waals surface area contributed by atoms with Crippen molar-refractivity contribution in [1.82, 2.24) is 4.90 Å². The summed E-state index contributed by atoms with van der Waals surface area (Å²) in [6.07, 6.45) is 1.58. The lowest BCUT2D eigenvalue weighted by molar-refractivity contribution is -0.384. The monoisotopic (exact) mass is 471 g/mol. The molecular formula is C22H15ClFN3O4S. The summed E-state index contributed by atoms with van der Waals surface area (Å²) in [5.41, 5.74) is 0.800. The number of nitrogens with zero attached hydrogens (tertiary/aromatic N) is 3. The van der Waals surface area contributed by atoms with Crippen molar-refractivity contribution >= 4 is 51.9 Å². The van der Waals surface area contributed by atoms with E-state index >= 15 is 0 Å². The molecule has 1 fully saturated rings. The Bertz CT molecular complexity index is 1270. The number of amidine groups is 1. The molecule has 1 saturated heterocycles. The lowest BCUT2D eigenvalue weighted by Gasteiger charge is -2.11. The molecule has 0 aliphatic carbocycles. The number of aliphatic imine (C=N–C) groups is 1. The molecule has 0 saturated carbocycles. The normalized spacial score (nSPS) is 16.3. The van der Waals surface area contributed by atoms with E-state index in [0.717, 1.165) is 0 Å². The van der Waals surface area contributed by atoms with Crippen molar-refractivity contribution in [3.63, 3.8) is 0 Å². The lowest BCUT2D eigenvalue weighted by Crippen LogP contribution is -2.28. The molecule has 0 N–H and O–H groups in total. The molecule has 2 heterocycles. The van der Waals surface area contributed by atoms with Gasteiger partial charge < -0.3 is 4.42 Å². The second-order valence-corrected chi connectivity index (χ2v) is 8.07. The predicted octanol–water partition coefficient (Wildman–Crippen LogP) is 6.27. The Labute approximate surface area is 191 Å². The summed E-state index contributed by atoms with van der Waals surface area (Å²) >= 11 is 7.36. The van der Waals surface area contributed by atoms with Crippen LogP contribution in [0.2, 0.25) is 5.02 Å². The first-order valence-electron chi connectivity index (χ1n) is 9.45. The maximum absolute atomic E-state index is 13.1. The summed E-state index contributed by atoms with van der Waals surface area (Å²) in [6, 6.07) is 13.0. The minimum Gasteiger partial charge on any atom is -0.457 e. The molecule has 1 aliphatic rings. The van der Waals surface area contributed by atoms with E-state index < -0.39 is 4.92 Å². The Morgan fingerprint density at radius 2 is 1.97 bits per heavy atom. The van der Waals surface area contributed by atoms with Gasteiger partial charge in [0, 0.05) is 30.3 Å². The van der Waals surface area contributed by atoms with Crippen molar-refractivity contribution in [2.45, 2.75) is 6.92 Å². The van der Waals surface area contributed by atoms with Crippen LogP contribution in [0.15, 0.2) is 68.9 Å². The number of nitro benzene ring substituents is 1. The van der Waals surface area contributed by atoms with Gasteiger partial charge in [0.1, 0.15) is 17.3 Å². The van der Waals surface area contributed by atoms with Crippen molar-refractivity contribution in [1.29, 1.82) is 0 Å². The van der Waals surface area contributed by atoms with Crippen molar-refractivity contribution in [3.8, 4) is 11.3 Å². The highest BCUT2D eigenvalue weighted by Gasteiger charge is 2.32. The minimum atomic E-state index is -0.513. The number of carbonyl (C=O) groups is 1. The van der Waals surface area contributed by atoms with E-state index in [9.17, 15) is 19.3 Å². The second-order valence-electron chi connectivity index (χ2n) is 6.65. The maximum atomic E-state index is 13.1. The highest BCUT2D eigenvalue weighted by atomic mass is 35.5. The van der Waals surface area contributed by atoms with E-state index in [4.69, 9.17) is 16.0 Å². The molecule has 32 heavy (non-hydrogen) atoms. The minimum absolute atomic E-state index is 0.109. The van der Waals surface area contributed by atoms with Gasteiger partial charge in [-0.3, -0.25) is 19.8 Å². The van der Waals surface area contributed by atoms with Crippen LogP contribution in [0.4, 0.5) is 15.8 Å². The molecule has 0 radical (unpaired) electrons. The molecule has 1 aliphatic heterocycles. The maximum Gasteiger partial charge on any atom is 0.270 e. The number of rotatable bonds is 5. The number of benzene rings is 2. The number of nitro groups is 1. The van der Waals surface area contributed by atoms with Crippen molar-refractivity contribution < 1.29 is 18.5 Å². The van der Waals surface area contributed by atoms with Gasteiger partial charge in [-0.15, -0.1) is 0 Å². The Morgan fingerprint density at radius 1 is 1.22 bits per heavy atom. The summed E-state index contributed by atoms with van der Waals surface area (Å²) in [6.45, 7) is 2.24. The molecular weight excluding hydrogens is 457 g/mol. The molecule has 4 rings (SSSR count). The van der Waals surface area contributed by atoms with Gasteiger partial charge in [-0.25, -0.2) is 9.38 Å². The third-order valence-corrected chi connectivity index (χ3v) is 5.92. The molecule has 0 spiro atoms. The average molecular weight is 472 g/mol. The van der Waals surface area contributed by atoms with E-state index in [-0.39, 0.29) is 17.4 Å². The molecule has 1 aromatic heterocycles. The van der Waals surface area contributed by atoms with Crippen molar-refractivity contribution in [2.24, 2.45) is 4.99 Å². The van der Waals surface area contributed by atoms with Gasteiger partial charge in [0.15, 0.2) is 5.17 Å². The first kappa shape index (κ1) is 21.8. The second kappa shape index (κ2) is 8.97. The first-order chi connectivity index (χ1) is 15.4. The highest BCUT2D eigenvalue weighted by molar-refractivity contribution is 8.18. The molecule has 1 amide bonds. The Balaban J connectivity index is 1.63. The summed E-state index contributed by atoms with van der Waals surface area (Å²) in [7, 11) is 0. The largest absolute Gasteiger partial charge is 0.457 e. The number of furan rings is 1. The van der Waals surface area contributed by atoms with Crippen LogP contribution in [0.3, 0.4) is 0 Å². The molecule has 2 aromatic carbocycles. The molecule has 3 aromatic rings. The van der Waals surface area contributed by atoms with Crippen molar-refractivity contribution in [2.75, 3.05) is 6.54 Å². The third kappa shape index (κ3) is 4.44. The molecule has 0 atom stereocenters. The summed E-state index contributed by atoms with van der Waals surface area (Å²) < 4.78 is 18.9. The quantitative estimate of drug-likeness (QED) is 0.248. The van der Waals surface area contributed by atoms with Gasteiger partial charge in [-0.05, 0) is 61.2 Å². The smallest absolute Gasteiger partial charge is 0.270 e. The van der Waals surface area contributed by atoms with Crippen LogP contribution >= 0.6 is 23.4 Å². The van der Waals surface area contributed by atoms with Crippen LogP contribution in [0, 0.1) is 15.9 Å². The number of hydrogen-bond acceptors (Lipinski definition) is 6. The number of hydrogen-bond donors (Lipinski definition) is 0. The Hall–Kier alpha value is -3.43. The fourth-order valence-corrected chi connectivity index (χ4v) is 4.27. The zero-order valence-corrected chi connectivity index (χ0v) is 18.2. The summed E-state index contributed by atoms with van der Waals surface area (Å²) in [5.74, 6) is 0.130. The number of non-ortho nitro benzene ring substituents is 1. The van der Waals surface area contributed by atoms with Gasteiger partial charge in [0.25, 0.3) is 11.6 Å². The van der Waals surface area contributed by atoms with Gasteiger partial charge in [0.2, 0.25) is 0 Å². The molecule has 0 bridgehead atoms. The molecule has 7 nitrogen and oxygen atoms in total. The summed E-state index contributed by atoms with van der Waals surface area (Å²) in [5, 5.41) is 11.8. The fourth-order valence-electron chi connectivity index (χ4n) is 3.02. The van der Waals surface area contributed by atoms with E-state index in [0.29, 0.717) is 44.4 Å². The van der Waals surface area contributed by atoms with Crippen LogP contribution in [-0.4, -0.2) is 27.4 Å². The number of likely N-dealkylation sites (N-methyl/N-ethyl adjacent to an activating group) is 1. The van der Waals surface area contributed by atoms with E-state index in [1.807, 2.05) is 6.92 Å². The Morgan fingerprint density at radius 3 is 2.66 bits per heavy atom. The third-order valence-electron chi connectivity index (χ3n) is 4.58. The first-order valence-corrected chi connectivity index (χ1v) is 10.6. The number of halogens is 2.